The van der Waals surface area contributed by atoms with Crippen LogP contribution in [0.15, 0.2) is 59.6 Å². The van der Waals surface area contributed by atoms with E-state index in [1.807, 2.05) is 81.3 Å². The van der Waals surface area contributed by atoms with Crippen LogP contribution in [0.1, 0.15) is 89.6 Å². The van der Waals surface area contributed by atoms with Gasteiger partial charge in [0.15, 0.2) is 11.5 Å². The van der Waals surface area contributed by atoms with Crippen molar-refractivity contribution in [1.29, 1.82) is 0 Å². The average Bonchev–Trinajstić information content (AvgIpc) is 3.52. The van der Waals surface area contributed by atoms with E-state index in [9.17, 15) is 4.79 Å². The van der Waals surface area contributed by atoms with Crippen molar-refractivity contribution < 1.29 is 28.5 Å². The van der Waals surface area contributed by atoms with E-state index >= 15 is 0 Å². The van der Waals surface area contributed by atoms with Gasteiger partial charge in [-0.2, -0.15) is 0 Å². The largest absolute Gasteiger partial charge is 0.497 e. The van der Waals surface area contributed by atoms with Gasteiger partial charge < -0.3 is 28.6 Å². The number of amides is 1. The van der Waals surface area contributed by atoms with Crippen LogP contribution in [0.3, 0.4) is 0 Å². The lowest BCUT2D eigenvalue weighted by atomic mass is 9.89. The fraction of sp³-hybridized carbons (Fsp3) is 0.487. The van der Waals surface area contributed by atoms with Crippen LogP contribution in [0.4, 0.5) is 5.69 Å². The number of aryl methyl sites for hydroxylation is 1. The van der Waals surface area contributed by atoms with E-state index in [-0.39, 0.29) is 17.4 Å². The van der Waals surface area contributed by atoms with Crippen LogP contribution in [0.2, 0.25) is 0 Å². The molecule has 0 spiro atoms. The van der Waals surface area contributed by atoms with E-state index in [0.717, 1.165) is 67.4 Å². The maximum absolute atomic E-state index is 12.7. The Morgan fingerprint density at radius 1 is 0.851 bits per heavy atom. The topological polar surface area (TPSA) is 78.8 Å². The molecule has 1 saturated heterocycles. The first-order valence-corrected chi connectivity index (χ1v) is 16.9. The van der Waals surface area contributed by atoms with Gasteiger partial charge in [0.25, 0.3) is 5.91 Å². The van der Waals surface area contributed by atoms with Crippen LogP contribution >= 0.6 is 0 Å². The summed E-state index contributed by atoms with van der Waals surface area (Å²) in [6, 6.07) is 17.2. The van der Waals surface area contributed by atoms with Gasteiger partial charge in [0.1, 0.15) is 23.0 Å². The smallest absolute Gasteiger partial charge is 0.256 e. The van der Waals surface area contributed by atoms with E-state index in [2.05, 4.69) is 25.8 Å². The molecule has 1 fully saturated rings. The highest BCUT2D eigenvalue weighted by atomic mass is 16.5. The maximum Gasteiger partial charge on any atom is 0.256 e. The standard InChI is InChI=1S/C21H28O3.C16H20N2O3.C2H6/c1-6-13-21(3,4)15-23-19-11-12-20(16(2)14-19)24-18-9-7-17(22-5)8-10-18;1-3-7-21-15-9-13-12(8-14(15)20-2)16(19)18-6-4-5-11(18)10-17-13;1-2/h7-12,14H,6,13,15H2,1-5H3;8-11H,3-7H2,1-2H3;1-2H3. The number of carbonyl (C=O) groups is 1. The molecule has 47 heavy (non-hydrogen) atoms. The Labute approximate surface area is 282 Å². The van der Waals surface area contributed by atoms with Crippen molar-refractivity contribution >= 4 is 17.8 Å². The Morgan fingerprint density at radius 2 is 1.55 bits per heavy atom. The van der Waals surface area contributed by atoms with Gasteiger partial charge >= 0.3 is 0 Å². The number of ether oxygens (including phenoxy) is 5. The summed E-state index contributed by atoms with van der Waals surface area (Å²) in [5.74, 6) is 4.59. The summed E-state index contributed by atoms with van der Waals surface area (Å²) in [6.45, 7) is 16.9. The van der Waals surface area contributed by atoms with Crippen LogP contribution in [-0.4, -0.2) is 57.0 Å². The molecule has 1 amide bonds. The molecule has 2 aliphatic heterocycles. The highest BCUT2D eigenvalue weighted by molar-refractivity contribution is 6.03. The minimum Gasteiger partial charge on any atom is -0.497 e. The molecule has 8 heteroatoms. The number of rotatable bonds is 12. The lowest BCUT2D eigenvalue weighted by molar-refractivity contribution is 0.0774. The summed E-state index contributed by atoms with van der Waals surface area (Å²) in [5.41, 5.74) is 2.51. The Balaban J connectivity index is 0.000000244. The number of carbonyl (C=O) groups excluding carboxylic acids is 1. The van der Waals surface area contributed by atoms with Gasteiger partial charge in [-0.3, -0.25) is 9.79 Å². The third-order valence-electron chi connectivity index (χ3n) is 7.91. The molecule has 3 aromatic rings. The zero-order valence-electron chi connectivity index (χ0n) is 29.9. The molecular formula is C39H54N2O6. The minimum atomic E-state index is 0.0327. The Hall–Kier alpha value is -4.20. The molecule has 3 aromatic carbocycles. The number of benzene rings is 3. The molecule has 256 valence electrons. The first kappa shape index (κ1) is 37.3. The van der Waals surface area contributed by atoms with Crippen molar-refractivity contribution in [2.45, 2.75) is 86.6 Å². The van der Waals surface area contributed by atoms with E-state index in [1.165, 1.54) is 6.42 Å². The molecule has 0 aromatic heterocycles. The summed E-state index contributed by atoms with van der Waals surface area (Å²) in [4.78, 5) is 19.1. The van der Waals surface area contributed by atoms with Gasteiger partial charge in [-0.15, -0.1) is 0 Å². The van der Waals surface area contributed by atoms with Crippen LogP contribution in [0.5, 0.6) is 34.5 Å². The molecule has 5 rings (SSSR count). The highest BCUT2D eigenvalue weighted by Crippen LogP contribution is 2.38. The van der Waals surface area contributed by atoms with Crippen molar-refractivity contribution in [3.63, 3.8) is 0 Å². The van der Waals surface area contributed by atoms with Gasteiger partial charge in [-0.25, -0.2) is 0 Å². The van der Waals surface area contributed by atoms with Crippen LogP contribution in [0.25, 0.3) is 0 Å². The van der Waals surface area contributed by atoms with Gasteiger partial charge in [0.2, 0.25) is 0 Å². The maximum atomic E-state index is 12.7. The van der Waals surface area contributed by atoms with Crippen molar-refractivity contribution in [1.82, 2.24) is 4.90 Å². The first-order chi connectivity index (χ1) is 22.7. The average molecular weight is 647 g/mol. The van der Waals surface area contributed by atoms with E-state index < -0.39 is 0 Å². The lowest BCUT2D eigenvalue weighted by Gasteiger charge is -2.24. The van der Waals surface area contributed by atoms with Crippen molar-refractivity contribution in [2.24, 2.45) is 10.4 Å². The molecule has 2 aliphatic rings. The fourth-order valence-corrected chi connectivity index (χ4v) is 5.46. The van der Waals surface area contributed by atoms with Crippen LogP contribution < -0.4 is 23.7 Å². The molecule has 0 aliphatic carbocycles. The molecule has 1 unspecified atom stereocenters. The quantitative estimate of drug-likeness (QED) is 0.195. The molecule has 1 atom stereocenters. The zero-order chi connectivity index (χ0) is 34.4. The second-order valence-corrected chi connectivity index (χ2v) is 12.3. The minimum absolute atomic E-state index is 0.0327. The third-order valence-corrected chi connectivity index (χ3v) is 7.91. The van der Waals surface area contributed by atoms with Gasteiger partial charge in [-0.05, 0) is 92.1 Å². The normalized spacial score (nSPS) is 14.8. The van der Waals surface area contributed by atoms with Gasteiger partial charge in [0, 0.05) is 18.8 Å². The summed E-state index contributed by atoms with van der Waals surface area (Å²) >= 11 is 0. The molecule has 2 heterocycles. The SMILES string of the molecule is CC.CCCC(C)(C)COc1ccc(Oc2ccc(OC)cc2)c(C)c1.CCCOc1cc2c(cc1OC)C(=O)N1CCCC1C=N2. The highest BCUT2D eigenvalue weighted by Gasteiger charge is 2.32. The number of aliphatic imine (C=N–C) groups is 1. The van der Waals surface area contributed by atoms with E-state index in [4.69, 9.17) is 23.7 Å². The second-order valence-electron chi connectivity index (χ2n) is 12.3. The number of nitrogens with zero attached hydrogens (tertiary/aromatic N) is 2. The Kier molecular flexibility index (Phi) is 14.4. The van der Waals surface area contributed by atoms with Crippen LogP contribution in [-0.2, 0) is 0 Å². The summed E-state index contributed by atoms with van der Waals surface area (Å²) < 4.78 is 28.1. The predicted octanol–water partition coefficient (Wildman–Crippen LogP) is 9.83. The molecule has 0 saturated carbocycles. The molecular weight excluding hydrogens is 592 g/mol. The summed E-state index contributed by atoms with van der Waals surface area (Å²) in [5, 5.41) is 0. The number of hydrogen-bond donors (Lipinski definition) is 0. The third kappa shape index (κ3) is 10.4. The predicted molar refractivity (Wildman–Crippen MR) is 191 cm³/mol. The lowest BCUT2D eigenvalue weighted by Crippen LogP contribution is -2.35. The Bertz CT molecular complexity index is 1450. The van der Waals surface area contributed by atoms with Crippen molar-refractivity contribution in [2.75, 3.05) is 34.0 Å². The molecule has 0 N–H and O–H groups in total. The number of methoxy groups -OCH3 is 2. The van der Waals surface area contributed by atoms with Crippen molar-refractivity contribution in [3.05, 3.63) is 65.7 Å². The van der Waals surface area contributed by atoms with Crippen molar-refractivity contribution in [3.8, 4) is 34.5 Å². The van der Waals surface area contributed by atoms with Crippen LogP contribution in [0, 0.1) is 12.3 Å². The molecule has 0 radical (unpaired) electrons. The molecule has 8 nitrogen and oxygen atoms in total. The number of fused-ring (bicyclic) bond motifs is 2. The summed E-state index contributed by atoms with van der Waals surface area (Å²) in [7, 11) is 3.24. The fourth-order valence-electron chi connectivity index (χ4n) is 5.46. The van der Waals surface area contributed by atoms with E-state index in [0.29, 0.717) is 29.4 Å². The Morgan fingerprint density at radius 3 is 2.19 bits per heavy atom. The second kappa shape index (κ2) is 18.2. The first-order valence-electron chi connectivity index (χ1n) is 16.9. The number of hydrogen-bond acceptors (Lipinski definition) is 7. The molecule has 0 bridgehead atoms. The van der Waals surface area contributed by atoms with Gasteiger partial charge in [-0.1, -0.05) is 48.0 Å². The van der Waals surface area contributed by atoms with Gasteiger partial charge in [0.05, 0.1) is 44.7 Å². The monoisotopic (exact) mass is 646 g/mol. The summed E-state index contributed by atoms with van der Waals surface area (Å²) in [6.07, 6.45) is 7.14. The zero-order valence-corrected chi connectivity index (χ0v) is 29.9. The van der Waals surface area contributed by atoms with E-state index in [1.54, 1.807) is 26.4 Å².